The number of carbonyl (C=O) groups excluding carboxylic acids is 2. The van der Waals surface area contributed by atoms with Crippen LogP contribution in [-0.4, -0.2) is 46.6 Å². The third-order valence-electron chi connectivity index (χ3n) is 4.45. The van der Waals surface area contributed by atoms with Gasteiger partial charge in [-0.25, -0.2) is 14.2 Å². The molecule has 0 saturated carbocycles. The third-order valence-corrected chi connectivity index (χ3v) is 4.45. The van der Waals surface area contributed by atoms with Crippen molar-refractivity contribution >= 4 is 23.0 Å². The highest BCUT2D eigenvalue weighted by Crippen LogP contribution is 2.30. The van der Waals surface area contributed by atoms with Gasteiger partial charge in [0.15, 0.2) is 0 Å². The van der Waals surface area contributed by atoms with Gasteiger partial charge in [0.25, 0.3) is 0 Å². The predicted molar refractivity (Wildman–Crippen MR) is 94.0 cm³/mol. The number of fused-ring (bicyclic) bond motifs is 1. The van der Waals surface area contributed by atoms with Gasteiger partial charge in [0.1, 0.15) is 11.6 Å². The molecule has 1 aromatic carbocycles. The molecule has 1 unspecified atom stereocenters. The molecule has 0 aliphatic carbocycles. The van der Waals surface area contributed by atoms with Crippen molar-refractivity contribution in [2.45, 2.75) is 38.6 Å². The number of halogens is 1. The molecule has 1 aliphatic rings. The maximum atomic E-state index is 13.4. The van der Waals surface area contributed by atoms with E-state index in [1.165, 1.54) is 12.1 Å². The van der Waals surface area contributed by atoms with E-state index in [-0.39, 0.29) is 36.8 Å². The van der Waals surface area contributed by atoms with E-state index < -0.39 is 0 Å². The number of nitrogens with zero attached hydrogens (tertiary/aromatic N) is 2. The highest BCUT2D eigenvalue weighted by Gasteiger charge is 2.30. The standard InChI is InChI=1S/C18H23FN4O3/c1-2-26-16(24)8-9-20-18(25)23-10-4-3-5-15(23)17-21-13-7-6-12(19)11-14(13)22-17/h6-7,11,15H,2-5,8-10H2,1H3,(H,20,25)(H,21,22). The molecule has 1 atom stereocenters. The summed E-state index contributed by atoms with van der Waals surface area (Å²) in [6.07, 6.45) is 2.83. The number of rotatable bonds is 5. The highest BCUT2D eigenvalue weighted by molar-refractivity contribution is 5.77. The Bertz CT molecular complexity index is 792. The molecular formula is C18H23FN4O3. The molecule has 1 saturated heterocycles. The van der Waals surface area contributed by atoms with Crippen LogP contribution in [0.3, 0.4) is 0 Å². The average Bonchev–Trinajstić information content (AvgIpc) is 3.05. The first-order valence-corrected chi connectivity index (χ1v) is 8.93. The van der Waals surface area contributed by atoms with Gasteiger partial charge in [0.2, 0.25) is 0 Å². The zero-order valence-corrected chi connectivity index (χ0v) is 14.8. The van der Waals surface area contributed by atoms with Gasteiger partial charge < -0.3 is 19.9 Å². The van der Waals surface area contributed by atoms with Crippen LogP contribution in [0.1, 0.15) is 44.5 Å². The Morgan fingerprint density at radius 3 is 3.08 bits per heavy atom. The predicted octanol–water partition coefficient (Wildman–Crippen LogP) is 2.89. The van der Waals surface area contributed by atoms with E-state index in [1.54, 1.807) is 17.9 Å². The number of nitrogens with one attached hydrogen (secondary N) is 2. The summed E-state index contributed by atoms with van der Waals surface area (Å²) in [6, 6.07) is 3.97. The molecule has 26 heavy (non-hydrogen) atoms. The molecule has 2 aromatic rings. The van der Waals surface area contributed by atoms with Crippen molar-refractivity contribution < 1.29 is 18.7 Å². The number of hydrogen-bond acceptors (Lipinski definition) is 4. The zero-order chi connectivity index (χ0) is 18.5. The van der Waals surface area contributed by atoms with Gasteiger partial charge in [-0.2, -0.15) is 0 Å². The Morgan fingerprint density at radius 2 is 2.27 bits per heavy atom. The summed E-state index contributed by atoms with van der Waals surface area (Å²) in [5.74, 6) is -0.00180. The van der Waals surface area contributed by atoms with Gasteiger partial charge in [-0.1, -0.05) is 0 Å². The molecule has 2 N–H and O–H groups in total. The van der Waals surface area contributed by atoms with Crippen LogP contribution in [0.4, 0.5) is 9.18 Å². The first-order valence-electron chi connectivity index (χ1n) is 8.93. The van der Waals surface area contributed by atoms with Crippen LogP contribution in [0.2, 0.25) is 0 Å². The topological polar surface area (TPSA) is 87.3 Å². The zero-order valence-electron chi connectivity index (χ0n) is 14.8. The fraction of sp³-hybridized carbons (Fsp3) is 0.500. The van der Waals surface area contributed by atoms with Crippen molar-refractivity contribution in [3.8, 4) is 0 Å². The van der Waals surface area contributed by atoms with Crippen LogP contribution in [0.15, 0.2) is 18.2 Å². The highest BCUT2D eigenvalue weighted by atomic mass is 19.1. The minimum absolute atomic E-state index is 0.141. The minimum Gasteiger partial charge on any atom is -0.466 e. The number of imidazole rings is 1. The second-order valence-corrected chi connectivity index (χ2v) is 6.28. The maximum Gasteiger partial charge on any atom is 0.318 e. The van der Waals surface area contributed by atoms with Crippen molar-refractivity contribution in [1.82, 2.24) is 20.2 Å². The number of likely N-dealkylation sites (tertiary alicyclic amines) is 1. The van der Waals surface area contributed by atoms with Crippen LogP contribution in [-0.2, 0) is 9.53 Å². The van der Waals surface area contributed by atoms with Crippen LogP contribution in [0, 0.1) is 5.82 Å². The number of H-pyrrole nitrogens is 1. The van der Waals surface area contributed by atoms with Crippen LogP contribution < -0.4 is 5.32 Å². The summed E-state index contributed by atoms with van der Waals surface area (Å²) in [6.45, 7) is 2.91. The number of benzene rings is 1. The molecule has 1 fully saturated rings. The van der Waals surface area contributed by atoms with Crippen molar-refractivity contribution in [1.29, 1.82) is 0 Å². The molecule has 0 bridgehead atoms. The number of carbonyl (C=O) groups is 2. The van der Waals surface area contributed by atoms with E-state index in [9.17, 15) is 14.0 Å². The Labute approximate surface area is 150 Å². The number of ether oxygens (including phenoxy) is 1. The number of aromatic amines is 1. The molecule has 0 spiro atoms. The summed E-state index contributed by atoms with van der Waals surface area (Å²) < 4.78 is 18.2. The van der Waals surface area contributed by atoms with Crippen LogP contribution >= 0.6 is 0 Å². The van der Waals surface area contributed by atoms with Crippen LogP contribution in [0.5, 0.6) is 0 Å². The smallest absolute Gasteiger partial charge is 0.318 e. The van der Waals surface area contributed by atoms with E-state index >= 15 is 0 Å². The van der Waals surface area contributed by atoms with E-state index in [0.717, 1.165) is 19.3 Å². The molecule has 0 radical (unpaired) electrons. The Morgan fingerprint density at radius 1 is 1.42 bits per heavy atom. The lowest BCUT2D eigenvalue weighted by Crippen LogP contribution is -2.45. The fourth-order valence-electron chi connectivity index (χ4n) is 3.22. The van der Waals surface area contributed by atoms with Gasteiger partial charge >= 0.3 is 12.0 Å². The van der Waals surface area contributed by atoms with Crippen molar-refractivity contribution in [3.05, 3.63) is 29.8 Å². The number of amides is 2. The molecule has 7 nitrogen and oxygen atoms in total. The third kappa shape index (κ3) is 4.12. The summed E-state index contributed by atoms with van der Waals surface area (Å²) in [5, 5.41) is 2.77. The lowest BCUT2D eigenvalue weighted by molar-refractivity contribution is -0.142. The van der Waals surface area contributed by atoms with E-state index in [1.807, 2.05) is 0 Å². The van der Waals surface area contributed by atoms with E-state index in [0.29, 0.717) is 30.0 Å². The Hall–Kier alpha value is -2.64. The minimum atomic E-state index is -0.331. The van der Waals surface area contributed by atoms with Gasteiger partial charge in [0.05, 0.1) is 30.1 Å². The number of hydrogen-bond donors (Lipinski definition) is 2. The largest absolute Gasteiger partial charge is 0.466 e. The lowest BCUT2D eigenvalue weighted by atomic mass is 10.0. The lowest BCUT2D eigenvalue weighted by Gasteiger charge is -2.34. The number of piperidine rings is 1. The first kappa shape index (κ1) is 18.2. The van der Waals surface area contributed by atoms with Crippen molar-refractivity contribution in [2.75, 3.05) is 19.7 Å². The summed E-state index contributed by atoms with van der Waals surface area (Å²) in [7, 11) is 0. The summed E-state index contributed by atoms with van der Waals surface area (Å²) in [5.41, 5.74) is 1.29. The van der Waals surface area contributed by atoms with E-state index in [4.69, 9.17) is 4.74 Å². The quantitative estimate of drug-likeness (QED) is 0.801. The number of esters is 1. The van der Waals surface area contributed by atoms with Crippen LogP contribution in [0.25, 0.3) is 11.0 Å². The molecular weight excluding hydrogens is 339 g/mol. The number of aromatic nitrogens is 2. The molecule has 1 aromatic heterocycles. The maximum absolute atomic E-state index is 13.4. The second kappa shape index (κ2) is 8.16. The molecule has 140 valence electrons. The number of urea groups is 1. The Balaban J connectivity index is 1.68. The summed E-state index contributed by atoms with van der Waals surface area (Å²) in [4.78, 5) is 33.3. The van der Waals surface area contributed by atoms with Crippen molar-refractivity contribution in [2.24, 2.45) is 0 Å². The normalized spacial score (nSPS) is 17.3. The molecule has 2 heterocycles. The monoisotopic (exact) mass is 362 g/mol. The first-order chi connectivity index (χ1) is 12.6. The van der Waals surface area contributed by atoms with Gasteiger partial charge in [0, 0.05) is 13.1 Å². The van der Waals surface area contributed by atoms with Gasteiger partial charge in [-0.15, -0.1) is 0 Å². The Kier molecular flexibility index (Phi) is 5.70. The molecule has 1 aliphatic heterocycles. The average molecular weight is 362 g/mol. The second-order valence-electron chi connectivity index (χ2n) is 6.28. The molecule has 3 rings (SSSR count). The van der Waals surface area contributed by atoms with Crippen molar-refractivity contribution in [3.63, 3.8) is 0 Å². The van der Waals surface area contributed by atoms with E-state index in [2.05, 4.69) is 15.3 Å². The SMILES string of the molecule is CCOC(=O)CCNC(=O)N1CCCCC1c1nc2ccc(F)cc2[nH]1. The fourth-order valence-corrected chi connectivity index (χ4v) is 3.22. The summed E-state index contributed by atoms with van der Waals surface area (Å²) >= 11 is 0. The molecule has 2 amide bonds. The van der Waals surface area contributed by atoms with Gasteiger partial charge in [-0.05, 0) is 44.4 Å². The molecule has 8 heteroatoms. The van der Waals surface area contributed by atoms with Gasteiger partial charge in [-0.3, -0.25) is 4.79 Å².